The first-order valence-corrected chi connectivity index (χ1v) is 15.2. The molecule has 43 heavy (non-hydrogen) atoms. The minimum atomic E-state index is -3.44. The third kappa shape index (κ3) is 7.57. The van der Waals surface area contributed by atoms with Crippen LogP contribution in [0, 0.1) is 11.3 Å². The first kappa shape index (κ1) is 31.7. The molecule has 4 rings (SSSR count). The van der Waals surface area contributed by atoms with Crippen LogP contribution in [0.5, 0.6) is 11.6 Å². The number of hydrogen-bond donors (Lipinski definition) is 1. The Labute approximate surface area is 248 Å². The molecular formula is C30H32F2N4O6S. The number of alkyl halides is 2. The second-order valence-electron chi connectivity index (χ2n) is 9.94. The molecule has 1 aromatic heterocycles. The normalized spacial score (nSPS) is 17.4. The number of carbonyl (C=O) groups excluding carboxylic acids is 1. The van der Waals surface area contributed by atoms with Crippen molar-refractivity contribution >= 4 is 21.4 Å². The highest BCUT2D eigenvalue weighted by Crippen LogP contribution is 2.36. The topological polar surface area (TPSA) is 145 Å². The molecule has 0 aliphatic carbocycles. The smallest absolute Gasteiger partial charge is 0.345 e. The Morgan fingerprint density at radius 3 is 2.51 bits per heavy atom. The molecule has 3 aromatic rings. The molecule has 1 aliphatic heterocycles. The monoisotopic (exact) mass is 614 g/mol. The molecular weight excluding hydrogens is 582 g/mol. The number of aromatic nitrogens is 1. The minimum absolute atomic E-state index is 0.0313. The zero-order valence-corrected chi connectivity index (χ0v) is 24.5. The molecule has 1 aliphatic rings. The number of nitrogens with zero attached hydrogens (tertiary/aromatic N) is 3. The van der Waals surface area contributed by atoms with Gasteiger partial charge in [-0.15, -0.1) is 0 Å². The van der Waals surface area contributed by atoms with Crippen LogP contribution in [0.15, 0.2) is 65.7 Å². The maximum absolute atomic E-state index is 13.0. The number of primary amides is 1. The number of carbonyl (C=O) groups is 1. The van der Waals surface area contributed by atoms with Gasteiger partial charge in [-0.2, -0.15) is 14.0 Å². The van der Waals surface area contributed by atoms with Crippen LogP contribution in [-0.2, 0) is 14.6 Å². The molecule has 3 atom stereocenters. The average molecular weight is 615 g/mol. The number of hydrogen-bond acceptors (Lipinski definition) is 9. The van der Waals surface area contributed by atoms with Gasteiger partial charge in [-0.25, -0.2) is 13.4 Å². The Morgan fingerprint density at radius 1 is 1.19 bits per heavy atom. The van der Waals surface area contributed by atoms with Crippen LogP contribution in [-0.4, -0.2) is 64.1 Å². The summed E-state index contributed by atoms with van der Waals surface area (Å²) >= 11 is 0. The van der Waals surface area contributed by atoms with Crippen LogP contribution in [0.4, 0.5) is 14.5 Å². The van der Waals surface area contributed by atoms with E-state index in [9.17, 15) is 27.3 Å². The fourth-order valence-corrected chi connectivity index (χ4v) is 6.04. The number of amides is 1. The van der Waals surface area contributed by atoms with Crippen molar-refractivity contribution in [3.8, 4) is 17.7 Å². The highest BCUT2D eigenvalue weighted by Gasteiger charge is 2.35. The van der Waals surface area contributed by atoms with E-state index in [0.717, 1.165) is 0 Å². The van der Waals surface area contributed by atoms with Gasteiger partial charge in [-0.3, -0.25) is 4.79 Å². The lowest BCUT2D eigenvalue weighted by Gasteiger charge is -2.28. The maximum Gasteiger partial charge on any atom is 0.345 e. The number of nitriles is 1. The lowest BCUT2D eigenvalue weighted by molar-refractivity contribution is -0.131. The van der Waals surface area contributed by atoms with Crippen molar-refractivity contribution in [2.75, 3.05) is 30.9 Å². The molecule has 2 aromatic carbocycles. The zero-order chi connectivity index (χ0) is 31.1. The lowest BCUT2D eigenvalue weighted by Crippen LogP contribution is -2.34. The van der Waals surface area contributed by atoms with Gasteiger partial charge in [0.25, 0.3) is 0 Å². The van der Waals surface area contributed by atoms with E-state index < -0.39 is 40.4 Å². The van der Waals surface area contributed by atoms with Gasteiger partial charge < -0.3 is 24.8 Å². The summed E-state index contributed by atoms with van der Waals surface area (Å²) in [4.78, 5) is 18.7. The number of rotatable bonds is 13. The molecule has 1 fully saturated rings. The largest absolute Gasteiger partial charge is 0.495 e. The molecule has 13 heteroatoms. The van der Waals surface area contributed by atoms with E-state index in [1.54, 1.807) is 43.3 Å². The van der Waals surface area contributed by atoms with Crippen LogP contribution in [0.25, 0.3) is 0 Å². The fraction of sp³-hybridized carbons (Fsp3) is 0.367. The lowest BCUT2D eigenvalue weighted by atomic mass is 9.85. The minimum Gasteiger partial charge on any atom is -0.495 e. The van der Waals surface area contributed by atoms with Gasteiger partial charge in [0.1, 0.15) is 11.9 Å². The van der Waals surface area contributed by atoms with E-state index in [0.29, 0.717) is 41.4 Å². The first-order valence-electron chi connectivity index (χ1n) is 13.5. The summed E-state index contributed by atoms with van der Waals surface area (Å²) in [5.74, 6) is -0.499. The predicted molar refractivity (Wildman–Crippen MR) is 154 cm³/mol. The summed E-state index contributed by atoms with van der Waals surface area (Å²) in [5, 5.41) is 9.67. The van der Waals surface area contributed by atoms with Crippen LogP contribution < -0.4 is 20.1 Å². The maximum atomic E-state index is 13.0. The standard InChI is InChI=1S/C30H32F2N4O6S/c1-3-43(38,39)24-8-4-19(5-9-24)25(12-13-33)27-15-20(6-10-26(27)29(34)37)36-17-23(14-21(36)18-41-30(31)32)42-28-11-7-22(40-2)16-35-28/h4-11,15-16,21,23,25,30H,3,12,14,17-18H2,1-2H3,(H2,34,37)/t21-,23-,25-/m0/s1. The van der Waals surface area contributed by atoms with Gasteiger partial charge in [-0.1, -0.05) is 19.1 Å². The number of halogens is 2. The summed E-state index contributed by atoms with van der Waals surface area (Å²) in [6.07, 6.45) is 1.40. The molecule has 228 valence electrons. The van der Waals surface area contributed by atoms with E-state index in [1.807, 2.05) is 4.90 Å². The molecule has 0 saturated carbocycles. The van der Waals surface area contributed by atoms with Gasteiger partial charge in [0.2, 0.25) is 11.8 Å². The Hall–Kier alpha value is -4.28. The van der Waals surface area contributed by atoms with Crippen molar-refractivity contribution in [3.05, 3.63) is 77.5 Å². The SMILES string of the molecule is CCS(=O)(=O)c1ccc([C@H](CC#N)c2cc(N3C[C@@H](Oc4ccc(OC)cn4)C[C@H]3COC(F)F)ccc2C(N)=O)cc1. The molecule has 1 saturated heterocycles. The Kier molecular flexibility index (Phi) is 10.2. The van der Waals surface area contributed by atoms with Crippen molar-refractivity contribution in [2.24, 2.45) is 5.73 Å². The Morgan fingerprint density at radius 2 is 1.93 bits per heavy atom. The van der Waals surface area contributed by atoms with Crippen LogP contribution in [0.3, 0.4) is 0 Å². The van der Waals surface area contributed by atoms with Crippen molar-refractivity contribution in [1.29, 1.82) is 5.26 Å². The van der Waals surface area contributed by atoms with Crippen LogP contribution in [0.2, 0.25) is 0 Å². The average Bonchev–Trinajstić information content (AvgIpc) is 3.41. The van der Waals surface area contributed by atoms with Gasteiger partial charge in [0, 0.05) is 36.1 Å². The molecule has 1 amide bonds. The fourth-order valence-electron chi connectivity index (χ4n) is 5.16. The molecule has 2 N–H and O–H groups in total. The third-order valence-corrected chi connectivity index (χ3v) is 9.10. The van der Waals surface area contributed by atoms with Crippen LogP contribution >= 0.6 is 0 Å². The van der Waals surface area contributed by atoms with Crippen molar-refractivity contribution < 1.29 is 36.2 Å². The Bertz CT molecular complexity index is 1560. The number of nitrogens with two attached hydrogens (primary N) is 1. The highest BCUT2D eigenvalue weighted by molar-refractivity contribution is 7.91. The van der Waals surface area contributed by atoms with Crippen molar-refractivity contribution in [3.63, 3.8) is 0 Å². The predicted octanol–water partition coefficient (Wildman–Crippen LogP) is 4.29. The van der Waals surface area contributed by atoms with Gasteiger partial charge in [0.15, 0.2) is 9.84 Å². The quantitative estimate of drug-likeness (QED) is 0.298. The first-order chi connectivity index (χ1) is 20.6. The number of ether oxygens (including phenoxy) is 3. The summed E-state index contributed by atoms with van der Waals surface area (Å²) in [7, 11) is -1.92. The molecule has 0 unspecified atom stereocenters. The second-order valence-corrected chi connectivity index (χ2v) is 12.2. The molecule has 0 bridgehead atoms. The molecule has 2 heterocycles. The van der Waals surface area contributed by atoms with E-state index >= 15 is 0 Å². The number of pyridine rings is 1. The number of anilines is 1. The number of methoxy groups -OCH3 is 1. The summed E-state index contributed by atoms with van der Waals surface area (Å²) in [5.41, 5.74) is 7.55. The van der Waals surface area contributed by atoms with Crippen LogP contribution in [0.1, 0.15) is 47.2 Å². The van der Waals surface area contributed by atoms with E-state index in [-0.39, 0.29) is 29.2 Å². The summed E-state index contributed by atoms with van der Waals surface area (Å²) < 4.78 is 66.5. The van der Waals surface area contributed by atoms with Gasteiger partial charge in [0.05, 0.1) is 49.2 Å². The van der Waals surface area contributed by atoms with E-state index in [4.69, 9.17) is 15.2 Å². The number of benzene rings is 2. The van der Waals surface area contributed by atoms with E-state index in [1.165, 1.54) is 31.5 Å². The summed E-state index contributed by atoms with van der Waals surface area (Å²) in [6, 6.07) is 16.1. The van der Waals surface area contributed by atoms with Gasteiger partial charge >= 0.3 is 6.61 Å². The molecule has 10 nitrogen and oxygen atoms in total. The molecule has 0 radical (unpaired) electrons. The zero-order valence-electron chi connectivity index (χ0n) is 23.7. The summed E-state index contributed by atoms with van der Waals surface area (Å²) in [6.45, 7) is -1.40. The molecule has 0 spiro atoms. The second kappa shape index (κ2) is 13.8. The number of sulfone groups is 1. The van der Waals surface area contributed by atoms with Crippen molar-refractivity contribution in [1.82, 2.24) is 4.98 Å². The van der Waals surface area contributed by atoms with Gasteiger partial charge in [-0.05, 0) is 47.5 Å². The van der Waals surface area contributed by atoms with Crippen molar-refractivity contribution in [2.45, 2.75) is 49.3 Å². The Balaban J connectivity index is 1.70. The van der Waals surface area contributed by atoms with E-state index in [2.05, 4.69) is 15.8 Å². The highest BCUT2D eigenvalue weighted by atomic mass is 32.2. The third-order valence-electron chi connectivity index (χ3n) is 7.35.